The third-order valence-corrected chi connectivity index (χ3v) is 11.0. The van der Waals surface area contributed by atoms with Gasteiger partial charge in [-0.15, -0.1) is 0 Å². The Morgan fingerprint density at radius 1 is 0.846 bits per heavy atom. The maximum Gasteiger partial charge on any atom is 0.338 e. The van der Waals surface area contributed by atoms with Gasteiger partial charge in [0.25, 0.3) is 0 Å². The SMILES string of the molecule is C=C(C)[C@H]1CC=C(C)[C@@]2(O)[C@@H]1[C@H](c1cccc[n+]1C)O[C@@H]2C(=O)OC.C=C(C)[C@H]1CC=C(C)[C@@]2(O)[C@@H]1[C@H](c1ccccn1)O[C@@H]2C(=O)OC.CI.[I-]. The Hall–Kier alpha value is -2.50. The number of hydrogen-bond acceptors (Lipinski definition) is 9. The van der Waals surface area contributed by atoms with E-state index in [1.54, 1.807) is 6.20 Å². The van der Waals surface area contributed by atoms with Gasteiger partial charge in [-0.25, -0.2) is 14.2 Å². The largest absolute Gasteiger partial charge is 1.00 e. The van der Waals surface area contributed by atoms with Crippen molar-refractivity contribution in [2.75, 3.05) is 19.2 Å². The summed E-state index contributed by atoms with van der Waals surface area (Å²) in [7, 11) is 4.55. The number of nitrogens with zero attached hydrogens (tertiary/aromatic N) is 2. The van der Waals surface area contributed by atoms with Gasteiger partial charge in [-0.3, -0.25) is 4.98 Å². The van der Waals surface area contributed by atoms with Crippen LogP contribution in [0.1, 0.15) is 64.1 Å². The number of methoxy groups -OCH3 is 2. The summed E-state index contributed by atoms with van der Waals surface area (Å²) in [6.45, 7) is 15.8. The van der Waals surface area contributed by atoms with Crippen molar-refractivity contribution in [3.8, 4) is 0 Å². The molecule has 2 N–H and O–H groups in total. The maximum absolute atomic E-state index is 12.4. The summed E-state index contributed by atoms with van der Waals surface area (Å²) >= 11 is 2.15. The number of hydrogen-bond donors (Lipinski definition) is 2. The number of carbonyl (C=O) groups is 2. The molecule has 284 valence electrons. The molecule has 6 rings (SSSR count). The smallest absolute Gasteiger partial charge is 0.338 e. The number of aliphatic hydroxyl groups is 2. The number of fused-ring (bicyclic) bond motifs is 2. The van der Waals surface area contributed by atoms with Crippen LogP contribution in [0.15, 0.2) is 96.4 Å². The summed E-state index contributed by atoms with van der Waals surface area (Å²) in [5, 5.41) is 23.2. The molecule has 0 radical (unpaired) electrons. The maximum atomic E-state index is 12.4. The van der Waals surface area contributed by atoms with Crippen molar-refractivity contribution in [1.82, 2.24) is 4.98 Å². The summed E-state index contributed by atoms with van der Waals surface area (Å²) in [5.74, 6) is -1.74. The monoisotopic (exact) mass is 942 g/mol. The highest BCUT2D eigenvalue weighted by Gasteiger charge is 2.65. The van der Waals surface area contributed by atoms with Crippen LogP contribution < -0.4 is 28.5 Å². The van der Waals surface area contributed by atoms with Gasteiger partial charge in [-0.1, -0.05) is 71.2 Å². The van der Waals surface area contributed by atoms with Gasteiger partial charge in [0, 0.05) is 30.2 Å². The van der Waals surface area contributed by atoms with Crippen LogP contribution in [0, 0.1) is 23.7 Å². The summed E-state index contributed by atoms with van der Waals surface area (Å²) < 4.78 is 24.0. The minimum Gasteiger partial charge on any atom is -1.00 e. The van der Waals surface area contributed by atoms with Crippen molar-refractivity contribution in [2.45, 2.75) is 76.2 Å². The average Bonchev–Trinajstić information content (AvgIpc) is 3.63. The Balaban J connectivity index is 0.000000263. The standard InChI is InChI=1S/C20H26NO4.C19H23NO4.CH3I.HI/c1-12(2)14-10-9-13(3)20(23)16(14)17(25-18(20)19(22)24-5)15-8-6-7-11-21(15)4;1-11(2)13-9-8-12(3)19(22)15(13)16(14-7-5-6-10-20-14)24-17(19)18(21)23-4;1-2;/h6-9,11,14,16-18,23H,1,10H2,2-5H3;5-8,10,13,15-17,22H,1,9H2,2-4H3;1H3;1H/q+1;;;/p-1/t14-,16+,17+,18-,20-;13-,15+,16+,17-,19-;;/m11../s1. The number of aryl methyl sites for hydroxylation is 1. The molecule has 0 unspecified atom stereocenters. The van der Waals surface area contributed by atoms with Gasteiger partial charge in [0.05, 0.1) is 19.9 Å². The molecule has 2 aliphatic carbocycles. The van der Waals surface area contributed by atoms with Crippen LogP contribution in [0.5, 0.6) is 0 Å². The van der Waals surface area contributed by atoms with Crippen LogP contribution in [-0.2, 0) is 35.6 Å². The molecule has 0 amide bonds. The van der Waals surface area contributed by atoms with Crippen LogP contribution in [0.4, 0.5) is 0 Å². The predicted octanol–water partition coefficient (Wildman–Crippen LogP) is 2.65. The molecule has 0 saturated carbocycles. The van der Waals surface area contributed by atoms with Crippen molar-refractivity contribution in [2.24, 2.45) is 30.7 Å². The van der Waals surface area contributed by atoms with Crippen molar-refractivity contribution in [1.29, 1.82) is 0 Å². The van der Waals surface area contributed by atoms with E-state index >= 15 is 0 Å². The molecular weight excluding hydrogens is 890 g/mol. The molecule has 4 aliphatic rings. The van der Waals surface area contributed by atoms with Gasteiger partial charge in [0.1, 0.15) is 30.5 Å². The molecule has 2 saturated heterocycles. The zero-order valence-electron chi connectivity index (χ0n) is 31.2. The van der Waals surface area contributed by atoms with Gasteiger partial charge >= 0.3 is 11.9 Å². The Labute approximate surface area is 338 Å². The number of esters is 2. The third kappa shape index (κ3) is 7.83. The Morgan fingerprint density at radius 2 is 1.31 bits per heavy atom. The first-order valence-electron chi connectivity index (χ1n) is 17.0. The van der Waals surface area contributed by atoms with Crippen molar-refractivity contribution >= 4 is 34.5 Å². The first kappa shape index (κ1) is 43.9. The zero-order valence-corrected chi connectivity index (χ0v) is 35.5. The van der Waals surface area contributed by atoms with Crippen LogP contribution >= 0.6 is 22.6 Å². The first-order chi connectivity index (χ1) is 24.2. The first-order valence-corrected chi connectivity index (χ1v) is 19.2. The van der Waals surface area contributed by atoms with E-state index < -0.39 is 47.6 Å². The normalized spacial score (nSPS) is 32.8. The van der Waals surface area contributed by atoms with Crippen LogP contribution in [0.3, 0.4) is 0 Å². The van der Waals surface area contributed by atoms with E-state index in [0.29, 0.717) is 5.69 Å². The molecule has 2 aliphatic heterocycles. The van der Waals surface area contributed by atoms with Gasteiger partial charge in [-0.2, -0.15) is 0 Å². The summed E-state index contributed by atoms with van der Waals surface area (Å²) in [5.41, 5.74) is 2.22. The van der Waals surface area contributed by atoms with Crippen molar-refractivity contribution in [3.63, 3.8) is 0 Å². The molecule has 0 spiro atoms. The Bertz CT molecular complexity index is 1680. The summed E-state index contributed by atoms with van der Waals surface area (Å²) in [6, 6.07) is 11.4. The number of carbonyl (C=O) groups excluding carboxylic acids is 2. The van der Waals surface area contributed by atoms with E-state index in [1.165, 1.54) is 14.2 Å². The van der Waals surface area contributed by atoms with Gasteiger partial charge in [0.2, 0.25) is 5.69 Å². The van der Waals surface area contributed by atoms with E-state index in [1.807, 2.05) is 99.0 Å². The van der Waals surface area contributed by atoms with Crippen LogP contribution in [0.2, 0.25) is 0 Å². The van der Waals surface area contributed by atoms with E-state index in [0.717, 1.165) is 40.8 Å². The highest BCUT2D eigenvalue weighted by atomic mass is 127. The van der Waals surface area contributed by atoms with Crippen molar-refractivity contribution in [3.05, 3.63) is 108 Å². The number of ether oxygens (including phenoxy) is 4. The fourth-order valence-corrected chi connectivity index (χ4v) is 8.27. The molecule has 0 aromatic carbocycles. The third-order valence-electron chi connectivity index (χ3n) is 11.0. The molecule has 10 nitrogen and oxygen atoms in total. The minimum atomic E-state index is -1.42. The van der Waals surface area contributed by atoms with Gasteiger partial charge in [0.15, 0.2) is 18.4 Å². The quantitative estimate of drug-likeness (QED) is 0.148. The molecule has 0 bridgehead atoms. The lowest BCUT2D eigenvalue weighted by Crippen LogP contribution is -3.00. The van der Waals surface area contributed by atoms with E-state index in [9.17, 15) is 19.8 Å². The molecule has 12 heteroatoms. The number of rotatable bonds is 6. The molecule has 10 atom stereocenters. The molecule has 4 heterocycles. The molecular formula is C40H52I2N2O8. The van der Waals surface area contributed by atoms with Gasteiger partial charge in [-0.05, 0) is 80.6 Å². The second-order valence-electron chi connectivity index (χ2n) is 13.8. The number of halogens is 2. The fraction of sp³-hybridized carbons (Fsp3) is 0.500. The molecule has 2 aromatic heterocycles. The minimum absolute atomic E-state index is 0. The summed E-state index contributed by atoms with van der Waals surface area (Å²) in [6.07, 6.45) is 6.07. The van der Waals surface area contributed by atoms with E-state index in [2.05, 4.69) is 40.7 Å². The number of allylic oxidation sites excluding steroid dienone is 4. The van der Waals surface area contributed by atoms with Crippen LogP contribution in [0.25, 0.3) is 0 Å². The fourth-order valence-electron chi connectivity index (χ4n) is 8.27. The van der Waals surface area contributed by atoms with Crippen LogP contribution in [-0.4, -0.2) is 69.7 Å². The second kappa shape index (κ2) is 18.2. The number of aromatic nitrogens is 2. The van der Waals surface area contributed by atoms with Gasteiger partial charge < -0.3 is 53.1 Å². The number of pyridine rings is 2. The average molecular weight is 943 g/mol. The van der Waals surface area contributed by atoms with Crippen molar-refractivity contribution < 1.29 is 67.3 Å². The van der Waals surface area contributed by atoms with E-state index in [-0.39, 0.29) is 47.6 Å². The summed E-state index contributed by atoms with van der Waals surface area (Å²) in [4.78, 5) is 31.0. The van der Waals surface area contributed by atoms with E-state index in [4.69, 9.17) is 18.9 Å². The topological polar surface area (TPSA) is 128 Å². The molecule has 2 fully saturated rings. The lowest BCUT2D eigenvalue weighted by molar-refractivity contribution is -0.683. The molecule has 52 heavy (non-hydrogen) atoms. The number of alkyl halides is 1. The molecule has 2 aromatic rings. The Kier molecular flexibility index (Phi) is 15.4. The second-order valence-corrected chi connectivity index (χ2v) is 13.8. The lowest BCUT2D eigenvalue weighted by atomic mass is 9.64. The lowest BCUT2D eigenvalue weighted by Gasteiger charge is -2.42. The predicted molar refractivity (Wildman–Crippen MR) is 201 cm³/mol. The highest BCUT2D eigenvalue weighted by Crippen LogP contribution is 2.57. The Morgan fingerprint density at radius 3 is 1.73 bits per heavy atom. The zero-order chi connectivity index (χ0) is 37.8. The highest BCUT2D eigenvalue weighted by molar-refractivity contribution is 14.1.